The van der Waals surface area contributed by atoms with Crippen molar-refractivity contribution in [2.75, 3.05) is 0 Å². The van der Waals surface area contributed by atoms with Gasteiger partial charge in [0.15, 0.2) is 0 Å². The molecule has 1 unspecified atom stereocenters. The fraction of sp³-hybridized carbons (Fsp3) is 0.933. The van der Waals surface area contributed by atoms with Crippen LogP contribution in [0.3, 0.4) is 0 Å². The van der Waals surface area contributed by atoms with E-state index in [4.69, 9.17) is 0 Å². The standard InChI is InChI=1S/C15H25N/c1-2-4-13(5-3-1)14-8-6-12(7-9-14)10-15-11-16-15/h11-15H,1-10H2. The lowest BCUT2D eigenvalue weighted by atomic mass is 9.70. The third-order valence-electron chi connectivity index (χ3n) is 5.14. The van der Waals surface area contributed by atoms with Gasteiger partial charge < -0.3 is 0 Å². The molecule has 1 heterocycles. The molecule has 0 saturated heterocycles. The number of hydrogen-bond donors (Lipinski definition) is 0. The summed E-state index contributed by atoms with van der Waals surface area (Å²) in [5.41, 5.74) is 0. The Labute approximate surface area is 99.7 Å². The van der Waals surface area contributed by atoms with E-state index in [1.165, 1.54) is 51.4 Å². The van der Waals surface area contributed by atoms with E-state index in [9.17, 15) is 0 Å². The first-order valence-corrected chi connectivity index (χ1v) is 7.45. The summed E-state index contributed by atoms with van der Waals surface area (Å²) in [6, 6.07) is 0.663. The van der Waals surface area contributed by atoms with Crippen LogP contribution in [0.15, 0.2) is 4.99 Å². The topological polar surface area (TPSA) is 12.4 Å². The lowest BCUT2D eigenvalue weighted by Gasteiger charge is -2.35. The highest BCUT2D eigenvalue weighted by molar-refractivity contribution is 5.77. The zero-order valence-electron chi connectivity index (χ0n) is 10.4. The second-order valence-electron chi connectivity index (χ2n) is 6.28. The van der Waals surface area contributed by atoms with Crippen molar-refractivity contribution in [1.82, 2.24) is 0 Å². The van der Waals surface area contributed by atoms with Gasteiger partial charge in [0.2, 0.25) is 0 Å². The van der Waals surface area contributed by atoms with E-state index in [1.54, 1.807) is 12.8 Å². The van der Waals surface area contributed by atoms with Gasteiger partial charge in [0.25, 0.3) is 0 Å². The van der Waals surface area contributed by atoms with Gasteiger partial charge in [-0.15, -0.1) is 0 Å². The van der Waals surface area contributed by atoms with E-state index in [0.29, 0.717) is 6.04 Å². The van der Waals surface area contributed by atoms with Crippen LogP contribution in [0.25, 0.3) is 0 Å². The molecule has 3 rings (SSSR count). The van der Waals surface area contributed by atoms with Crippen molar-refractivity contribution in [2.45, 2.75) is 70.3 Å². The average Bonchev–Trinajstić information content (AvgIpc) is 3.15. The molecule has 1 heteroatoms. The van der Waals surface area contributed by atoms with Crippen molar-refractivity contribution in [3.63, 3.8) is 0 Å². The highest BCUT2D eigenvalue weighted by atomic mass is 14.9. The highest BCUT2D eigenvalue weighted by Gasteiger charge is 2.30. The van der Waals surface area contributed by atoms with Crippen molar-refractivity contribution in [2.24, 2.45) is 22.7 Å². The molecule has 0 amide bonds. The predicted octanol–water partition coefficient (Wildman–Crippen LogP) is 4.22. The van der Waals surface area contributed by atoms with Crippen LogP contribution in [-0.2, 0) is 0 Å². The van der Waals surface area contributed by atoms with Crippen molar-refractivity contribution >= 4 is 6.21 Å². The third-order valence-corrected chi connectivity index (χ3v) is 5.14. The molecular formula is C15H25N. The van der Waals surface area contributed by atoms with E-state index in [0.717, 1.165) is 17.8 Å². The minimum atomic E-state index is 0.663. The summed E-state index contributed by atoms with van der Waals surface area (Å²) in [7, 11) is 0. The van der Waals surface area contributed by atoms with Gasteiger partial charge in [0, 0.05) is 6.21 Å². The molecule has 1 nitrogen and oxygen atoms in total. The van der Waals surface area contributed by atoms with Gasteiger partial charge in [-0.3, -0.25) is 4.99 Å². The maximum Gasteiger partial charge on any atom is 0.0846 e. The van der Waals surface area contributed by atoms with Crippen LogP contribution >= 0.6 is 0 Å². The molecule has 2 saturated carbocycles. The van der Waals surface area contributed by atoms with Gasteiger partial charge >= 0.3 is 0 Å². The minimum absolute atomic E-state index is 0.663. The largest absolute Gasteiger partial charge is 0.286 e. The average molecular weight is 219 g/mol. The second kappa shape index (κ2) is 4.89. The number of rotatable bonds is 3. The Kier molecular flexibility index (Phi) is 3.30. The molecule has 0 aromatic heterocycles. The molecule has 0 spiro atoms. The summed E-state index contributed by atoms with van der Waals surface area (Å²) >= 11 is 0. The summed E-state index contributed by atoms with van der Waals surface area (Å²) in [5.74, 6) is 3.20. The maximum atomic E-state index is 4.28. The Morgan fingerprint density at radius 3 is 2.06 bits per heavy atom. The molecule has 2 fully saturated rings. The van der Waals surface area contributed by atoms with E-state index >= 15 is 0 Å². The molecular weight excluding hydrogens is 194 g/mol. The first kappa shape index (κ1) is 10.8. The predicted molar refractivity (Wildman–Crippen MR) is 68.9 cm³/mol. The van der Waals surface area contributed by atoms with Crippen LogP contribution in [-0.4, -0.2) is 12.3 Å². The monoisotopic (exact) mass is 219 g/mol. The first-order valence-electron chi connectivity index (χ1n) is 7.45. The van der Waals surface area contributed by atoms with Crippen LogP contribution in [0.4, 0.5) is 0 Å². The Morgan fingerprint density at radius 2 is 1.44 bits per heavy atom. The van der Waals surface area contributed by atoms with Gasteiger partial charge in [-0.2, -0.15) is 0 Å². The molecule has 0 aromatic rings. The zero-order chi connectivity index (χ0) is 10.8. The second-order valence-corrected chi connectivity index (χ2v) is 6.28. The summed E-state index contributed by atoms with van der Waals surface area (Å²) in [5, 5.41) is 0. The summed E-state index contributed by atoms with van der Waals surface area (Å²) in [6.07, 6.45) is 17.2. The van der Waals surface area contributed by atoms with Gasteiger partial charge in [-0.05, 0) is 37.0 Å². The lowest BCUT2D eigenvalue weighted by Crippen LogP contribution is -2.24. The minimum Gasteiger partial charge on any atom is -0.286 e. The van der Waals surface area contributed by atoms with Crippen LogP contribution in [0.5, 0.6) is 0 Å². The quantitative estimate of drug-likeness (QED) is 0.674. The molecule has 0 radical (unpaired) electrons. The van der Waals surface area contributed by atoms with Crippen LogP contribution in [0.1, 0.15) is 64.2 Å². The van der Waals surface area contributed by atoms with Gasteiger partial charge in [0.05, 0.1) is 6.04 Å². The van der Waals surface area contributed by atoms with E-state index in [1.807, 2.05) is 0 Å². The Bertz CT molecular complexity index is 238. The number of hydrogen-bond acceptors (Lipinski definition) is 1. The summed E-state index contributed by atoms with van der Waals surface area (Å²) in [6.45, 7) is 0. The molecule has 0 aromatic carbocycles. The van der Waals surface area contributed by atoms with Crippen molar-refractivity contribution in [3.05, 3.63) is 0 Å². The van der Waals surface area contributed by atoms with Crippen LogP contribution in [0.2, 0.25) is 0 Å². The molecule has 0 bridgehead atoms. The van der Waals surface area contributed by atoms with Crippen LogP contribution in [0, 0.1) is 17.8 Å². The van der Waals surface area contributed by atoms with Crippen LogP contribution < -0.4 is 0 Å². The Balaban J connectivity index is 1.42. The smallest absolute Gasteiger partial charge is 0.0846 e. The Morgan fingerprint density at radius 1 is 0.812 bits per heavy atom. The van der Waals surface area contributed by atoms with E-state index in [-0.39, 0.29) is 0 Å². The van der Waals surface area contributed by atoms with E-state index in [2.05, 4.69) is 11.2 Å². The van der Waals surface area contributed by atoms with Gasteiger partial charge in [-0.25, -0.2) is 0 Å². The van der Waals surface area contributed by atoms with Gasteiger partial charge in [0.1, 0.15) is 0 Å². The number of nitrogens with zero attached hydrogens (tertiary/aromatic N) is 1. The molecule has 1 atom stereocenters. The SMILES string of the molecule is C1=NC1CC1CCC(C2CCCCC2)CC1. The van der Waals surface area contributed by atoms with Crippen molar-refractivity contribution in [1.29, 1.82) is 0 Å². The molecule has 90 valence electrons. The highest BCUT2D eigenvalue weighted by Crippen LogP contribution is 2.41. The summed E-state index contributed by atoms with van der Waals surface area (Å²) < 4.78 is 0. The third kappa shape index (κ3) is 2.67. The normalized spacial score (nSPS) is 39.9. The fourth-order valence-corrected chi connectivity index (χ4v) is 4.03. The molecule has 0 N–H and O–H groups in total. The summed E-state index contributed by atoms with van der Waals surface area (Å²) in [4.78, 5) is 4.28. The van der Waals surface area contributed by atoms with Crippen molar-refractivity contribution in [3.8, 4) is 0 Å². The van der Waals surface area contributed by atoms with Gasteiger partial charge in [-0.1, -0.05) is 44.9 Å². The molecule has 2 aliphatic carbocycles. The van der Waals surface area contributed by atoms with E-state index < -0.39 is 0 Å². The maximum absolute atomic E-state index is 4.28. The molecule has 1 aliphatic heterocycles. The fourth-order valence-electron chi connectivity index (χ4n) is 4.03. The molecule has 16 heavy (non-hydrogen) atoms. The first-order chi connectivity index (χ1) is 7.92. The Hall–Kier alpha value is -0.330. The van der Waals surface area contributed by atoms with Crippen molar-refractivity contribution < 1.29 is 0 Å². The zero-order valence-corrected chi connectivity index (χ0v) is 10.4. The molecule has 3 aliphatic rings. The number of aliphatic imine (C=N–C) groups is 1. The lowest BCUT2D eigenvalue weighted by molar-refractivity contribution is 0.164.